The van der Waals surface area contributed by atoms with Crippen LogP contribution in [0.5, 0.6) is 0 Å². The van der Waals surface area contributed by atoms with Crippen molar-refractivity contribution in [2.75, 3.05) is 5.75 Å². The Bertz CT molecular complexity index is 736. The van der Waals surface area contributed by atoms with Gasteiger partial charge in [-0.05, 0) is 25.3 Å². The van der Waals surface area contributed by atoms with Crippen LogP contribution in [0.4, 0.5) is 0 Å². The molecular weight excluding hydrogens is 318 g/mol. The maximum absolute atomic E-state index is 12.0. The Morgan fingerprint density at radius 1 is 1.55 bits per heavy atom. The summed E-state index contributed by atoms with van der Waals surface area (Å²) in [4.78, 5) is 13.0. The van der Waals surface area contributed by atoms with E-state index in [-0.39, 0.29) is 22.8 Å². The SMILES string of the molecule is CCn1c(SCC(=O)/C(C#N)=C(/C)N)nnc1-c1cccs1. The fraction of sp³-hybridized carbons (Fsp3) is 0.286. The number of nitrogens with two attached hydrogens (primary N) is 1. The molecule has 114 valence electrons. The molecular formula is C14H15N5OS2. The number of ketones is 1. The lowest BCUT2D eigenvalue weighted by atomic mass is 10.2. The Kier molecular flexibility index (Phi) is 5.35. The van der Waals surface area contributed by atoms with Gasteiger partial charge in [-0.2, -0.15) is 5.26 Å². The number of allylic oxidation sites excluding steroid dienone is 2. The third-order valence-corrected chi connectivity index (χ3v) is 4.72. The first-order valence-electron chi connectivity index (χ1n) is 6.58. The average molecular weight is 333 g/mol. The van der Waals surface area contributed by atoms with E-state index in [1.807, 2.05) is 35.1 Å². The fourth-order valence-corrected chi connectivity index (χ4v) is 3.43. The smallest absolute Gasteiger partial charge is 0.191 e. The molecule has 0 bridgehead atoms. The molecule has 0 unspecified atom stereocenters. The molecule has 0 aliphatic heterocycles. The van der Waals surface area contributed by atoms with E-state index in [0.29, 0.717) is 11.7 Å². The van der Waals surface area contributed by atoms with Crippen molar-refractivity contribution in [1.82, 2.24) is 14.8 Å². The average Bonchev–Trinajstić information content (AvgIpc) is 3.13. The van der Waals surface area contributed by atoms with Gasteiger partial charge >= 0.3 is 0 Å². The molecule has 0 atom stereocenters. The molecule has 0 amide bonds. The van der Waals surface area contributed by atoms with Crippen molar-refractivity contribution in [3.8, 4) is 16.8 Å². The largest absolute Gasteiger partial charge is 0.401 e. The van der Waals surface area contributed by atoms with Crippen LogP contribution in [0.3, 0.4) is 0 Å². The predicted octanol–water partition coefficient (Wildman–Crippen LogP) is 2.44. The number of aromatic nitrogens is 3. The molecule has 22 heavy (non-hydrogen) atoms. The molecule has 0 aliphatic carbocycles. The van der Waals surface area contributed by atoms with Gasteiger partial charge < -0.3 is 10.3 Å². The van der Waals surface area contributed by atoms with Gasteiger partial charge in [0.05, 0.1) is 10.6 Å². The molecule has 0 radical (unpaired) electrons. The number of thioether (sulfide) groups is 1. The number of Topliss-reactive ketones (excluding diaryl/α,β-unsaturated/α-hetero) is 1. The summed E-state index contributed by atoms with van der Waals surface area (Å²) in [5, 5.41) is 19.9. The number of carbonyl (C=O) groups is 1. The molecule has 0 aliphatic rings. The molecule has 0 saturated carbocycles. The lowest BCUT2D eigenvalue weighted by molar-refractivity contribution is -0.112. The third-order valence-electron chi connectivity index (χ3n) is 2.89. The Morgan fingerprint density at radius 3 is 2.86 bits per heavy atom. The van der Waals surface area contributed by atoms with Crippen LogP contribution in [0.25, 0.3) is 10.7 Å². The molecule has 0 spiro atoms. The van der Waals surface area contributed by atoms with Crippen LogP contribution in [0.15, 0.2) is 33.9 Å². The molecule has 2 N–H and O–H groups in total. The number of nitrogens with zero attached hydrogens (tertiary/aromatic N) is 4. The molecule has 0 aromatic carbocycles. The second kappa shape index (κ2) is 7.24. The highest BCUT2D eigenvalue weighted by Gasteiger charge is 2.17. The van der Waals surface area contributed by atoms with Gasteiger partial charge in [0.1, 0.15) is 11.6 Å². The van der Waals surface area contributed by atoms with E-state index in [1.54, 1.807) is 18.3 Å². The highest BCUT2D eigenvalue weighted by atomic mass is 32.2. The lowest BCUT2D eigenvalue weighted by Crippen LogP contribution is -2.11. The molecule has 0 fully saturated rings. The fourth-order valence-electron chi connectivity index (χ4n) is 1.84. The number of carbonyl (C=O) groups excluding carboxylic acids is 1. The Labute approximate surface area is 136 Å². The van der Waals surface area contributed by atoms with Crippen LogP contribution < -0.4 is 5.73 Å². The van der Waals surface area contributed by atoms with E-state index in [9.17, 15) is 4.79 Å². The maximum atomic E-state index is 12.0. The van der Waals surface area contributed by atoms with Crippen LogP contribution in [-0.2, 0) is 11.3 Å². The number of thiophene rings is 1. The van der Waals surface area contributed by atoms with E-state index in [4.69, 9.17) is 11.0 Å². The lowest BCUT2D eigenvalue weighted by Gasteiger charge is -2.05. The van der Waals surface area contributed by atoms with Crippen molar-refractivity contribution in [2.45, 2.75) is 25.5 Å². The number of hydrogen-bond donors (Lipinski definition) is 1. The maximum Gasteiger partial charge on any atom is 0.191 e. The van der Waals surface area contributed by atoms with Crippen molar-refractivity contribution in [3.05, 3.63) is 28.8 Å². The number of hydrogen-bond acceptors (Lipinski definition) is 7. The van der Waals surface area contributed by atoms with Gasteiger partial charge in [0.15, 0.2) is 16.8 Å². The summed E-state index contributed by atoms with van der Waals surface area (Å²) in [7, 11) is 0. The molecule has 2 rings (SSSR count). The van der Waals surface area contributed by atoms with Gasteiger partial charge in [-0.3, -0.25) is 4.79 Å². The number of nitriles is 1. The summed E-state index contributed by atoms with van der Waals surface area (Å²) in [6.45, 7) is 4.25. The summed E-state index contributed by atoms with van der Waals surface area (Å²) in [5.41, 5.74) is 5.78. The molecule has 6 nitrogen and oxygen atoms in total. The van der Waals surface area contributed by atoms with Gasteiger partial charge in [0.2, 0.25) is 0 Å². The van der Waals surface area contributed by atoms with E-state index in [2.05, 4.69) is 10.2 Å². The zero-order valence-electron chi connectivity index (χ0n) is 12.2. The highest BCUT2D eigenvalue weighted by Crippen LogP contribution is 2.27. The summed E-state index contributed by atoms with van der Waals surface area (Å²) < 4.78 is 1.95. The molecule has 0 saturated heterocycles. The summed E-state index contributed by atoms with van der Waals surface area (Å²) in [6, 6.07) is 5.78. The normalized spacial score (nSPS) is 11.9. The molecule has 8 heteroatoms. The van der Waals surface area contributed by atoms with Crippen LogP contribution in [0, 0.1) is 11.3 Å². The Hall–Kier alpha value is -2.11. The monoisotopic (exact) mass is 333 g/mol. The second-order valence-electron chi connectivity index (χ2n) is 4.41. The first-order valence-corrected chi connectivity index (χ1v) is 8.44. The van der Waals surface area contributed by atoms with E-state index in [0.717, 1.165) is 10.7 Å². The Balaban J connectivity index is 2.17. The standard InChI is InChI=1S/C14H15N5OS2/c1-3-19-13(12-5-4-6-21-12)17-18-14(19)22-8-11(20)10(7-15)9(2)16/h4-6H,3,8,16H2,1-2H3/b10-9-. The number of rotatable bonds is 6. The van der Waals surface area contributed by atoms with E-state index >= 15 is 0 Å². The first-order chi connectivity index (χ1) is 10.6. The topological polar surface area (TPSA) is 97.6 Å². The van der Waals surface area contributed by atoms with Crippen molar-refractivity contribution in [3.63, 3.8) is 0 Å². The second-order valence-corrected chi connectivity index (χ2v) is 6.30. The van der Waals surface area contributed by atoms with Crippen LogP contribution in [-0.4, -0.2) is 26.3 Å². The minimum atomic E-state index is -0.296. The summed E-state index contributed by atoms with van der Waals surface area (Å²) >= 11 is 2.85. The molecule has 2 heterocycles. The van der Waals surface area contributed by atoms with Gasteiger partial charge in [-0.1, -0.05) is 17.8 Å². The highest BCUT2D eigenvalue weighted by molar-refractivity contribution is 7.99. The van der Waals surface area contributed by atoms with Crippen LogP contribution in [0.1, 0.15) is 13.8 Å². The van der Waals surface area contributed by atoms with Crippen LogP contribution in [0.2, 0.25) is 0 Å². The Morgan fingerprint density at radius 2 is 2.32 bits per heavy atom. The minimum absolute atomic E-state index is 0.00791. The molecule has 2 aromatic heterocycles. The quantitative estimate of drug-likeness (QED) is 0.495. The van der Waals surface area contributed by atoms with Gasteiger partial charge in [-0.25, -0.2) is 0 Å². The summed E-state index contributed by atoms with van der Waals surface area (Å²) in [6.07, 6.45) is 0. The van der Waals surface area contributed by atoms with Gasteiger partial charge in [0, 0.05) is 12.2 Å². The van der Waals surface area contributed by atoms with Gasteiger partial charge in [0.25, 0.3) is 0 Å². The van der Waals surface area contributed by atoms with Crippen LogP contribution >= 0.6 is 23.1 Å². The first kappa shape index (κ1) is 16.3. The zero-order chi connectivity index (χ0) is 16.1. The molecule has 2 aromatic rings. The van der Waals surface area contributed by atoms with E-state index in [1.165, 1.54) is 11.8 Å². The summed E-state index contributed by atoms with van der Waals surface area (Å²) in [5.74, 6) is 0.606. The van der Waals surface area contributed by atoms with Crippen molar-refractivity contribution in [1.29, 1.82) is 5.26 Å². The van der Waals surface area contributed by atoms with Crippen molar-refractivity contribution >= 4 is 28.9 Å². The third kappa shape index (κ3) is 3.37. The minimum Gasteiger partial charge on any atom is -0.401 e. The zero-order valence-corrected chi connectivity index (χ0v) is 13.9. The van der Waals surface area contributed by atoms with E-state index < -0.39 is 0 Å². The van der Waals surface area contributed by atoms with Gasteiger partial charge in [-0.15, -0.1) is 21.5 Å². The van der Waals surface area contributed by atoms with Crippen molar-refractivity contribution < 1.29 is 4.79 Å². The van der Waals surface area contributed by atoms with Crippen molar-refractivity contribution in [2.24, 2.45) is 5.73 Å². The predicted molar refractivity (Wildman–Crippen MR) is 87.2 cm³/mol.